The van der Waals surface area contributed by atoms with E-state index in [1.165, 1.54) is 11.3 Å². The average molecular weight is 350 g/mol. The number of nitrogens with one attached hydrogen (secondary N) is 1. The minimum atomic E-state index is -0.313. The quantitative estimate of drug-likeness (QED) is 0.675. The largest absolute Gasteiger partial charge is 0.369 e. The van der Waals surface area contributed by atoms with Crippen LogP contribution in [0.15, 0.2) is 41.6 Å². The number of aromatic nitrogens is 1. The summed E-state index contributed by atoms with van der Waals surface area (Å²) in [5, 5.41) is 4.12. The molecule has 1 aromatic heterocycles. The molecule has 1 amide bonds. The first kappa shape index (κ1) is 18.1. The molecular weight excluding hydrogens is 324 g/mol. The van der Waals surface area contributed by atoms with Crippen LogP contribution >= 0.6 is 0 Å². The Morgan fingerprint density at radius 3 is 2.85 bits per heavy atom. The predicted octanol–water partition coefficient (Wildman–Crippen LogP) is 3.88. The summed E-state index contributed by atoms with van der Waals surface area (Å²) in [6.07, 6.45) is 4.40. The average Bonchev–Trinajstić information content (AvgIpc) is 2.61. The van der Waals surface area contributed by atoms with Crippen LogP contribution in [0.25, 0.3) is 0 Å². The Balaban J connectivity index is 1.82. The van der Waals surface area contributed by atoms with E-state index in [9.17, 15) is 4.79 Å². The lowest BCUT2D eigenvalue weighted by Gasteiger charge is -2.45. The number of aryl methyl sites for hydroxylation is 1. The van der Waals surface area contributed by atoms with Crippen molar-refractivity contribution in [2.24, 2.45) is 5.10 Å². The summed E-state index contributed by atoms with van der Waals surface area (Å²) in [6, 6.07) is 9.62. The third-order valence-corrected chi connectivity index (χ3v) is 5.29. The third kappa shape index (κ3) is 3.47. The van der Waals surface area contributed by atoms with Crippen LogP contribution in [0, 0.1) is 6.92 Å². The van der Waals surface area contributed by atoms with Gasteiger partial charge in [-0.25, -0.2) is 5.43 Å². The van der Waals surface area contributed by atoms with Gasteiger partial charge in [-0.15, -0.1) is 0 Å². The standard InChI is InChI=1S/C21H26N4O/c1-14-10-19-17(15(2)12-21(3,4)25(19)5)11-16(14)13-23-24-20(26)18-8-6-7-9-22-18/h6-11,13,15H,12H2,1-5H3,(H,24,26)/b23-13-/t15-/m0/s1. The summed E-state index contributed by atoms with van der Waals surface area (Å²) in [6.45, 7) is 8.91. The summed E-state index contributed by atoms with van der Waals surface area (Å²) >= 11 is 0. The fourth-order valence-corrected chi connectivity index (χ4v) is 3.59. The van der Waals surface area contributed by atoms with E-state index in [0.29, 0.717) is 11.6 Å². The molecule has 0 saturated carbocycles. The lowest BCUT2D eigenvalue weighted by Crippen LogP contribution is -2.45. The van der Waals surface area contributed by atoms with Gasteiger partial charge in [0.2, 0.25) is 0 Å². The number of amides is 1. The van der Waals surface area contributed by atoms with Gasteiger partial charge >= 0.3 is 0 Å². The van der Waals surface area contributed by atoms with Gasteiger partial charge in [0.15, 0.2) is 0 Å². The van der Waals surface area contributed by atoms with Gasteiger partial charge in [0.1, 0.15) is 5.69 Å². The number of pyridine rings is 1. The number of anilines is 1. The van der Waals surface area contributed by atoms with Gasteiger partial charge in [0.25, 0.3) is 5.91 Å². The molecule has 0 bridgehead atoms. The summed E-state index contributed by atoms with van der Waals surface area (Å²) in [5.41, 5.74) is 7.80. The van der Waals surface area contributed by atoms with E-state index in [0.717, 1.165) is 17.5 Å². The van der Waals surface area contributed by atoms with E-state index >= 15 is 0 Å². The molecule has 26 heavy (non-hydrogen) atoms. The van der Waals surface area contributed by atoms with Crippen LogP contribution in [-0.4, -0.2) is 29.7 Å². The number of carbonyl (C=O) groups is 1. The minimum absolute atomic E-state index is 0.144. The van der Waals surface area contributed by atoms with Gasteiger partial charge in [0.05, 0.1) is 6.21 Å². The molecule has 1 N–H and O–H groups in total. The fraction of sp³-hybridized carbons (Fsp3) is 0.381. The second-order valence-corrected chi connectivity index (χ2v) is 7.66. The third-order valence-electron chi connectivity index (χ3n) is 5.29. The Morgan fingerprint density at radius 2 is 2.15 bits per heavy atom. The first-order valence-electron chi connectivity index (χ1n) is 8.92. The highest BCUT2D eigenvalue weighted by Gasteiger charge is 2.34. The van der Waals surface area contributed by atoms with E-state index in [1.807, 2.05) is 0 Å². The molecule has 2 aromatic rings. The molecule has 2 heterocycles. The Bertz CT molecular complexity index is 843. The molecule has 136 valence electrons. The van der Waals surface area contributed by atoms with Crippen molar-refractivity contribution in [2.75, 3.05) is 11.9 Å². The zero-order chi connectivity index (χ0) is 18.9. The van der Waals surface area contributed by atoms with E-state index < -0.39 is 0 Å². The lowest BCUT2D eigenvalue weighted by atomic mass is 9.79. The van der Waals surface area contributed by atoms with Gasteiger partial charge in [-0.3, -0.25) is 9.78 Å². The molecule has 5 nitrogen and oxygen atoms in total. The second-order valence-electron chi connectivity index (χ2n) is 7.66. The van der Waals surface area contributed by atoms with Crippen LogP contribution in [0.4, 0.5) is 5.69 Å². The monoisotopic (exact) mass is 350 g/mol. The molecule has 0 aliphatic carbocycles. The van der Waals surface area contributed by atoms with Crippen molar-refractivity contribution in [3.05, 3.63) is 58.9 Å². The first-order chi connectivity index (χ1) is 12.3. The number of benzene rings is 1. The SMILES string of the molecule is Cc1cc2c(cc1/C=N\NC(=O)c1ccccn1)[C@@H](C)CC(C)(C)N2C. The molecule has 3 rings (SSSR count). The topological polar surface area (TPSA) is 57.6 Å². The Morgan fingerprint density at radius 1 is 1.38 bits per heavy atom. The number of carbonyl (C=O) groups excluding carboxylic acids is 1. The highest BCUT2D eigenvalue weighted by Crippen LogP contribution is 2.43. The van der Waals surface area contributed by atoms with Gasteiger partial charge in [-0.2, -0.15) is 5.10 Å². The molecule has 1 aromatic carbocycles. The van der Waals surface area contributed by atoms with E-state index in [1.54, 1.807) is 30.6 Å². The molecule has 0 unspecified atom stereocenters. The minimum Gasteiger partial charge on any atom is -0.369 e. The molecule has 1 aliphatic rings. The van der Waals surface area contributed by atoms with E-state index in [4.69, 9.17) is 0 Å². The second kappa shape index (κ2) is 6.90. The van der Waals surface area contributed by atoms with Crippen molar-refractivity contribution in [3.63, 3.8) is 0 Å². The Labute approximate surface area is 155 Å². The van der Waals surface area contributed by atoms with Gasteiger partial charge < -0.3 is 4.90 Å². The molecule has 0 radical (unpaired) electrons. The maximum atomic E-state index is 12.0. The van der Waals surface area contributed by atoms with E-state index in [-0.39, 0.29) is 11.4 Å². The fourth-order valence-electron chi connectivity index (χ4n) is 3.59. The number of hydrazone groups is 1. The van der Waals surface area contributed by atoms with Crippen LogP contribution in [0.3, 0.4) is 0 Å². The van der Waals surface area contributed by atoms with Gasteiger partial charge in [0, 0.05) is 24.5 Å². The summed E-state index contributed by atoms with van der Waals surface area (Å²) in [4.78, 5) is 18.4. The number of hydrogen-bond acceptors (Lipinski definition) is 4. The number of nitrogens with zero attached hydrogens (tertiary/aromatic N) is 3. The number of hydrogen-bond donors (Lipinski definition) is 1. The van der Waals surface area contributed by atoms with Gasteiger partial charge in [-0.05, 0) is 74.1 Å². The highest BCUT2D eigenvalue weighted by atomic mass is 16.2. The van der Waals surface area contributed by atoms with Crippen molar-refractivity contribution in [3.8, 4) is 0 Å². The zero-order valence-electron chi connectivity index (χ0n) is 16.1. The summed E-state index contributed by atoms with van der Waals surface area (Å²) in [5.74, 6) is 0.166. The van der Waals surface area contributed by atoms with Crippen molar-refractivity contribution < 1.29 is 4.79 Å². The smallest absolute Gasteiger partial charge is 0.289 e. The van der Waals surface area contributed by atoms with Crippen LogP contribution in [0.2, 0.25) is 0 Å². The molecular formula is C21H26N4O. The molecule has 0 spiro atoms. The van der Waals surface area contributed by atoms with Crippen molar-refractivity contribution in [2.45, 2.75) is 45.6 Å². The zero-order valence-corrected chi connectivity index (χ0v) is 16.1. The normalized spacial score (nSPS) is 18.7. The highest BCUT2D eigenvalue weighted by molar-refractivity contribution is 5.93. The number of rotatable bonds is 3. The van der Waals surface area contributed by atoms with Crippen LogP contribution < -0.4 is 10.3 Å². The van der Waals surface area contributed by atoms with Crippen LogP contribution in [0.5, 0.6) is 0 Å². The number of fused-ring (bicyclic) bond motifs is 1. The van der Waals surface area contributed by atoms with Crippen LogP contribution in [0.1, 0.15) is 60.3 Å². The van der Waals surface area contributed by atoms with Crippen molar-refractivity contribution >= 4 is 17.8 Å². The summed E-state index contributed by atoms with van der Waals surface area (Å²) < 4.78 is 0. The van der Waals surface area contributed by atoms with Gasteiger partial charge in [-0.1, -0.05) is 13.0 Å². The first-order valence-corrected chi connectivity index (χ1v) is 8.92. The maximum absolute atomic E-state index is 12.0. The van der Waals surface area contributed by atoms with E-state index in [2.05, 4.69) is 67.3 Å². The molecule has 5 heteroatoms. The van der Waals surface area contributed by atoms with Crippen molar-refractivity contribution in [1.82, 2.24) is 10.4 Å². The van der Waals surface area contributed by atoms with Crippen LogP contribution in [-0.2, 0) is 0 Å². The molecule has 0 fully saturated rings. The molecule has 1 atom stereocenters. The maximum Gasteiger partial charge on any atom is 0.289 e. The Hall–Kier alpha value is -2.69. The predicted molar refractivity (Wildman–Crippen MR) is 106 cm³/mol. The Kier molecular flexibility index (Phi) is 4.81. The molecule has 0 saturated heterocycles. The van der Waals surface area contributed by atoms with Crippen molar-refractivity contribution in [1.29, 1.82) is 0 Å². The lowest BCUT2D eigenvalue weighted by molar-refractivity contribution is 0.0950. The molecule has 1 aliphatic heterocycles. The summed E-state index contributed by atoms with van der Waals surface area (Å²) in [7, 11) is 2.16.